The van der Waals surface area contributed by atoms with E-state index in [1.165, 1.54) is 16.7 Å². The van der Waals surface area contributed by atoms with Crippen LogP contribution in [0.25, 0.3) is 0 Å². The Morgan fingerprint density at radius 1 is 0.950 bits per heavy atom. The molecule has 40 heavy (non-hydrogen) atoms. The van der Waals surface area contributed by atoms with Crippen LogP contribution in [-0.4, -0.2) is 50.0 Å². The lowest BCUT2D eigenvalue weighted by atomic mass is 10.1. The van der Waals surface area contributed by atoms with Crippen molar-refractivity contribution in [2.45, 2.75) is 62.5 Å². The highest BCUT2D eigenvalue weighted by atomic mass is 79.9. The van der Waals surface area contributed by atoms with Gasteiger partial charge in [0, 0.05) is 22.0 Å². The summed E-state index contributed by atoms with van der Waals surface area (Å²) in [5.74, 6) is -0.781. The first-order chi connectivity index (χ1) is 19.0. The molecule has 0 bridgehead atoms. The van der Waals surface area contributed by atoms with E-state index in [0.717, 1.165) is 31.2 Å². The van der Waals surface area contributed by atoms with E-state index in [1.54, 1.807) is 55.5 Å². The van der Waals surface area contributed by atoms with Crippen molar-refractivity contribution in [2.75, 3.05) is 17.1 Å². The van der Waals surface area contributed by atoms with E-state index in [2.05, 4.69) is 21.2 Å². The van der Waals surface area contributed by atoms with Gasteiger partial charge in [-0.25, -0.2) is 8.42 Å². The number of hydrogen-bond acceptors (Lipinski definition) is 5. The van der Waals surface area contributed by atoms with Crippen LogP contribution in [-0.2, 0) is 26.2 Å². The fourth-order valence-electron chi connectivity index (χ4n) is 3.95. The van der Waals surface area contributed by atoms with E-state index < -0.39 is 28.5 Å². The molecular formula is C30H36BrN3O4S2. The zero-order chi connectivity index (χ0) is 29.4. The first kappa shape index (κ1) is 31.7. The minimum Gasteiger partial charge on any atom is -0.352 e. The second-order valence-corrected chi connectivity index (χ2v) is 13.3. The van der Waals surface area contributed by atoms with Crippen molar-refractivity contribution in [3.63, 3.8) is 0 Å². The molecular weight excluding hydrogens is 610 g/mol. The molecule has 0 aliphatic carbocycles. The van der Waals surface area contributed by atoms with Crippen molar-refractivity contribution in [3.05, 3.63) is 88.4 Å². The lowest BCUT2D eigenvalue weighted by molar-refractivity contribution is -0.139. The van der Waals surface area contributed by atoms with Crippen molar-refractivity contribution in [2.24, 2.45) is 0 Å². The first-order valence-electron chi connectivity index (χ1n) is 13.0. The summed E-state index contributed by atoms with van der Waals surface area (Å²) in [5.41, 5.74) is 2.15. The number of thioether (sulfide) groups is 1. The second-order valence-electron chi connectivity index (χ2n) is 9.66. The molecule has 0 radical (unpaired) electrons. The molecule has 0 aliphatic rings. The van der Waals surface area contributed by atoms with Gasteiger partial charge in [-0.15, -0.1) is 11.8 Å². The Morgan fingerprint density at radius 3 is 2.10 bits per heavy atom. The smallest absolute Gasteiger partial charge is 0.264 e. The largest absolute Gasteiger partial charge is 0.352 e. The average molecular weight is 647 g/mol. The minimum atomic E-state index is -4.10. The topological polar surface area (TPSA) is 86.8 Å². The Balaban J connectivity index is 2.01. The van der Waals surface area contributed by atoms with Gasteiger partial charge in [0.25, 0.3) is 10.0 Å². The lowest BCUT2D eigenvalue weighted by Crippen LogP contribution is -2.52. The highest BCUT2D eigenvalue weighted by Crippen LogP contribution is 2.26. The van der Waals surface area contributed by atoms with Gasteiger partial charge in [0.2, 0.25) is 11.8 Å². The number of anilines is 1. The molecule has 0 heterocycles. The summed E-state index contributed by atoms with van der Waals surface area (Å²) in [6.07, 6.45) is 2.66. The number of sulfonamides is 1. The fraction of sp³-hybridized carbons (Fsp3) is 0.333. The highest BCUT2D eigenvalue weighted by Gasteiger charge is 2.32. The number of nitrogens with one attached hydrogen (secondary N) is 1. The van der Waals surface area contributed by atoms with Crippen LogP contribution in [0.4, 0.5) is 5.69 Å². The van der Waals surface area contributed by atoms with Crippen LogP contribution in [0.1, 0.15) is 38.3 Å². The number of nitrogens with zero attached hydrogens (tertiary/aromatic N) is 2. The maximum atomic E-state index is 14.0. The lowest BCUT2D eigenvalue weighted by Gasteiger charge is -2.32. The van der Waals surface area contributed by atoms with Crippen LogP contribution in [0.15, 0.2) is 87.1 Å². The zero-order valence-electron chi connectivity index (χ0n) is 23.4. The Kier molecular flexibility index (Phi) is 11.2. The molecule has 10 heteroatoms. The summed E-state index contributed by atoms with van der Waals surface area (Å²) in [6.45, 7) is 7.13. The molecule has 7 nitrogen and oxygen atoms in total. The maximum Gasteiger partial charge on any atom is 0.264 e. The summed E-state index contributed by atoms with van der Waals surface area (Å²) in [7, 11) is -4.10. The Bertz CT molecular complexity index is 1400. The van der Waals surface area contributed by atoms with E-state index in [-0.39, 0.29) is 23.4 Å². The normalized spacial score (nSPS) is 12.8. The molecule has 0 saturated carbocycles. The van der Waals surface area contributed by atoms with Gasteiger partial charge in [-0.3, -0.25) is 13.9 Å². The van der Waals surface area contributed by atoms with Crippen LogP contribution in [0.5, 0.6) is 0 Å². The predicted molar refractivity (Wildman–Crippen MR) is 166 cm³/mol. The van der Waals surface area contributed by atoms with Gasteiger partial charge in [0.15, 0.2) is 0 Å². The molecule has 0 spiro atoms. The standard InChI is InChI=1S/C30H36BrN3O4S2/c1-6-22(3)32-30(36)23(4)33(19-24-9-11-25(31)12-10-24)29(35)20-34(26-13-7-21(2)8-14-26)40(37,38)28-17-15-27(39-5)16-18-28/h7-18,22-23H,6,19-20H2,1-5H3,(H,32,36)/t22-,23-/m0/s1. The maximum absolute atomic E-state index is 14.0. The number of aryl methyl sites for hydroxylation is 1. The van der Waals surface area contributed by atoms with Crippen molar-refractivity contribution >= 4 is 55.2 Å². The fourth-order valence-corrected chi connectivity index (χ4v) is 6.04. The van der Waals surface area contributed by atoms with E-state index in [0.29, 0.717) is 5.69 Å². The van der Waals surface area contributed by atoms with Gasteiger partial charge in [-0.2, -0.15) is 0 Å². The summed E-state index contributed by atoms with van der Waals surface area (Å²) in [5, 5.41) is 2.94. The molecule has 214 valence electrons. The minimum absolute atomic E-state index is 0.0618. The average Bonchev–Trinajstić information content (AvgIpc) is 2.95. The van der Waals surface area contributed by atoms with Gasteiger partial charge in [-0.1, -0.05) is 52.7 Å². The molecule has 0 fully saturated rings. The molecule has 1 N–H and O–H groups in total. The SMILES string of the molecule is CC[C@H](C)NC(=O)[C@H](C)N(Cc1ccc(Br)cc1)C(=O)CN(c1ccc(C)cc1)S(=O)(=O)c1ccc(SC)cc1. The molecule has 2 atom stereocenters. The number of carbonyl (C=O) groups excluding carboxylic acids is 2. The number of hydrogen-bond donors (Lipinski definition) is 1. The van der Waals surface area contributed by atoms with E-state index in [9.17, 15) is 18.0 Å². The zero-order valence-corrected chi connectivity index (χ0v) is 26.6. The number of rotatable bonds is 12. The molecule has 2 amide bonds. The van der Waals surface area contributed by atoms with Crippen LogP contribution >= 0.6 is 27.7 Å². The van der Waals surface area contributed by atoms with E-state index in [4.69, 9.17) is 0 Å². The Morgan fingerprint density at radius 2 is 1.55 bits per heavy atom. The number of halogens is 1. The first-order valence-corrected chi connectivity index (χ1v) is 16.5. The van der Waals surface area contributed by atoms with E-state index in [1.807, 2.05) is 51.3 Å². The second kappa shape index (κ2) is 14.2. The molecule has 3 aromatic rings. The number of amides is 2. The Labute approximate surface area is 250 Å². The van der Waals surface area contributed by atoms with Crippen LogP contribution in [0.2, 0.25) is 0 Å². The third kappa shape index (κ3) is 8.11. The summed E-state index contributed by atoms with van der Waals surface area (Å²) in [4.78, 5) is 29.6. The molecule has 3 rings (SSSR count). The molecule has 0 saturated heterocycles. The van der Waals surface area contributed by atoms with Crippen molar-refractivity contribution in [3.8, 4) is 0 Å². The molecule has 0 unspecified atom stereocenters. The molecule has 3 aromatic carbocycles. The molecule has 0 aromatic heterocycles. The van der Waals surface area contributed by atoms with Crippen molar-refractivity contribution in [1.29, 1.82) is 0 Å². The van der Waals surface area contributed by atoms with Crippen molar-refractivity contribution in [1.82, 2.24) is 10.2 Å². The number of benzene rings is 3. The van der Waals surface area contributed by atoms with Crippen LogP contribution in [0, 0.1) is 6.92 Å². The molecule has 0 aliphatic heterocycles. The van der Waals surface area contributed by atoms with E-state index >= 15 is 0 Å². The summed E-state index contributed by atoms with van der Waals surface area (Å²) < 4.78 is 29.9. The van der Waals surface area contributed by atoms with Gasteiger partial charge in [0.1, 0.15) is 12.6 Å². The summed E-state index contributed by atoms with van der Waals surface area (Å²) >= 11 is 4.94. The quantitative estimate of drug-likeness (QED) is 0.244. The Hall–Kier alpha value is -2.82. The third-order valence-corrected chi connectivity index (χ3v) is 9.74. The van der Waals surface area contributed by atoms with Gasteiger partial charge in [-0.05, 0) is 87.5 Å². The van der Waals surface area contributed by atoms with Gasteiger partial charge in [0.05, 0.1) is 10.6 Å². The van der Waals surface area contributed by atoms with Crippen LogP contribution in [0.3, 0.4) is 0 Å². The van der Waals surface area contributed by atoms with Crippen LogP contribution < -0.4 is 9.62 Å². The highest BCUT2D eigenvalue weighted by molar-refractivity contribution is 9.10. The number of carbonyl (C=O) groups is 2. The summed E-state index contributed by atoms with van der Waals surface area (Å²) in [6, 6.07) is 20.2. The monoisotopic (exact) mass is 645 g/mol. The van der Waals surface area contributed by atoms with Gasteiger partial charge >= 0.3 is 0 Å². The van der Waals surface area contributed by atoms with Crippen molar-refractivity contribution < 1.29 is 18.0 Å². The van der Waals surface area contributed by atoms with Gasteiger partial charge < -0.3 is 10.2 Å². The third-order valence-electron chi connectivity index (χ3n) is 6.68. The predicted octanol–water partition coefficient (Wildman–Crippen LogP) is 6.01.